The van der Waals surface area contributed by atoms with Crippen LogP contribution >= 0.6 is 11.8 Å². The van der Waals surface area contributed by atoms with Crippen molar-refractivity contribution in [1.29, 1.82) is 0 Å². The zero-order chi connectivity index (χ0) is 10.8. The zero-order valence-electron chi connectivity index (χ0n) is 9.70. The number of aliphatic hydroxyl groups excluding tert-OH is 1. The van der Waals surface area contributed by atoms with E-state index in [4.69, 9.17) is 5.11 Å². The van der Waals surface area contributed by atoms with E-state index >= 15 is 0 Å². The molecule has 5 heteroatoms. The van der Waals surface area contributed by atoms with Gasteiger partial charge in [0.1, 0.15) is 5.44 Å². The SMILES string of the molecule is CCCCCCCCSC(O)C(=O)[O-].[Na+]. The van der Waals surface area contributed by atoms with E-state index in [0.29, 0.717) is 5.75 Å². The Labute approximate surface area is 118 Å². The largest absolute Gasteiger partial charge is 1.00 e. The summed E-state index contributed by atoms with van der Waals surface area (Å²) in [5.41, 5.74) is -1.36. The summed E-state index contributed by atoms with van der Waals surface area (Å²) in [5.74, 6) is -0.692. The molecule has 0 aliphatic heterocycles. The maximum atomic E-state index is 10.1. The van der Waals surface area contributed by atoms with Crippen molar-refractivity contribution in [1.82, 2.24) is 0 Å². The first-order valence-corrected chi connectivity index (χ1v) is 6.24. The molecule has 0 fully saturated rings. The maximum Gasteiger partial charge on any atom is 1.00 e. The summed E-state index contributed by atoms with van der Waals surface area (Å²) in [7, 11) is 0. The van der Waals surface area contributed by atoms with Gasteiger partial charge in [-0.25, -0.2) is 0 Å². The number of carbonyl (C=O) groups excluding carboxylic acids is 1. The second-order valence-electron chi connectivity index (χ2n) is 3.31. The molecule has 1 atom stereocenters. The van der Waals surface area contributed by atoms with Gasteiger partial charge < -0.3 is 15.0 Å². The maximum absolute atomic E-state index is 10.1. The predicted molar refractivity (Wildman–Crippen MR) is 56.8 cm³/mol. The third-order valence-corrected chi connectivity index (χ3v) is 3.01. The molecule has 0 aromatic rings. The number of hydrogen-bond donors (Lipinski definition) is 1. The van der Waals surface area contributed by atoms with Crippen molar-refractivity contribution in [3.8, 4) is 0 Å². The Bertz CT molecular complexity index is 156. The summed E-state index contributed by atoms with van der Waals surface area (Å²) in [6.07, 6.45) is 7.05. The molecule has 0 rings (SSSR count). The Morgan fingerprint density at radius 2 is 1.80 bits per heavy atom. The van der Waals surface area contributed by atoms with Crippen molar-refractivity contribution in [3.05, 3.63) is 0 Å². The number of carboxylic acid groups (broad SMARTS) is 1. The van der Waals surface area contributed by atoms with Gasteiger partial charge in [-0.1, -0.05) is 39.0 Å². The molecule has 0 aromatic heterocycles. The standard InChI is InChI=1S/C10H20O3S.Na/c1-2-3-4-5-6-7-8-14-10(13)9(11)12;/h10,13H,2-8H2,1H3,(H,11,12);/q;+1/p-1. The fourth-order valence-corrected chi connectivity index (χ4v) is 1.88. The molecule has 1 N–H and O–H groups in total. The predicted octanol–water partition coefficient (Wildman–Crippen LogP) is -1.85. The molecule has 0 aliphatic carbocycles. The number of unbranched alkanes of at least 4 members (excludes halogenated alkanes) is 5. The average Bonchev–Trinajstić information content (AvgIpc) is 2.16. The Morgan fingerprint density at radius 1 is 1.27 bits per heavy atom. The van der Waals surface area contributed by atoms with Crippen molar-refractivity contribution in [3.63, 3.8) is 0 Å². The van der Waals surface area contributed by atoms with Gasteiger partial charge in [0, 0.05) is 0 Å². The van der Waals surface area contributed by atoms with Gasteiger partial charge in [0.05, 0.1) is 5.97 Å². The molecular weight excluding hydrogens is 223 g/mol. The molecular formula is C10H19NaO3S. The van der Waals surface area contributed by atoms with Crippen molar-refractivity contribution < 1.29 is 44.6 Å². The van der Waals surface area contributed by atoms with Gasteiger partial charge in [-0.2, -0.15) is 0 Å². The molecule has 3 nitrogen and oxygen atoms in total. The summed E-state index contributed by atoms with van der Waals surface area (Å²) in [5, 5.41) is 19.0. The zero-order valence-corrected chi connectivity index (χ0v) is 12.5. The molecule has 0 saturated heterocycles. The summed E-state index contributed by atoms with van der Waals surface area (Å²) in [6.45, 7) is 2.17. The number of hydrogen-bond acceptors (Lipinski definition) is 4. The number of carbonyl (C=O) groups is 1. The molecule has 0 amide bonds. The van der Waals surface area contributed by atoms with E-state index in [1.165, 1.54) is 25.7 Å². The van der Waals surface area contributed by atoms with Gasteiger partial charge in [-0.3, -0.25) is 0 Å². The van der Waals surface area contributed by atoms with Crippen LogP contribution in [0.1, 0.15) is 45.4 Å². The van der Waals surface area contributed by atoms with Crippen LogP contribution in [0.3, 0.4) is 0 Å². The van der Waals surface area contributed by atoms with Crippen molar-refractivity contribution in [2.24, 2.45) is 0 Å². The molecule has 0 aromatic carbocycles. The first kappa shape index (κ1) is 18.2. The molecule has 0 spiro atoms. The van der Waals surface area contributed by atoms with Crippen LogP contribution in [-0.2, 0) is 4.79 Å². The smallest absolute Gasteiger partial charge is 0.546 e. The minimum Gasteiger partial charge on any atom is -0.546 e. The van der Waals surface area contributed by atoms with Gasteiger partial charge in [0.2, 0.25) is 0 Å². The van der Waals surface area contributed by atoms with E-state index in [1.54, 1.807) is 0 Å². The molecule has 0 aliphatic rings. The van der Waals surface area contributed by atoms with Gasteiger partial charge in [-0.15, -0.1) is 11.8 Å². The minimum absolute atomic E-state index is 0. The van der Waals surface area contributed by atoms with Crippen molar-refractivity contribution in [2.75, 3.05) is 5.75 Å². The first-order chi connectivity index (χ1) is 6.68. The molecule has 84 valence electrons. The van der Waals surface area contributed by atoms with E-state index in [-0.39, 0.29) is 29.6 Å². The Hall–Kier alpha value is 0.780. The van der Waals surface area contributed by atoms with Gasteiger partial charge in [0.15, 0.2) is 0 Å². The van der Waals surface area contributed by atoms with E-state index < -0.39 is 11.4 Å². The van der Waals surface area contributed by atoms with Crippen LogP contribution < -0.4 is 34.7 Å². The van der Waals surface area contributed by atoms with Gasteiger partial charge >= 0.3 is 29.6 Å². The average molecular weight is 242 g/mol. The van der Waals surface area contributed by atoms with E-state index in [2.05, 4.69) is 6.92 Å². The van der Waals surface area contributed by atoms with Crippen LogP contribution in [0.4, 0.5) is 0 Å². The van der Waals surface area contributed by atoms with E-state index in [1.807, 2.05) is 0 Å². The summed E-state index contributed by atoms with van der Waals surface area (Å²) in [4.78, 5) is 10.1. The molecule has 1 unspecified atom stereocenters. The summed E-state index contributed by atoms with van der Waals surface area (Å²) in [6, 6.07) is 0. The molecule has 0 radical (unpaired) electrons. The summed E-state index contributed by atoms with van der Waals surface area (Å²) >= 11 is 1.04. The first-order valence-electron chi connectivity index (χ1n) is 5.19. The molecule has 0 heterocycles. The third kappa shape index (κ3) is 12.7. The number of aliphatic hydroxyl groups is 1. The van der Waals surface area contributed by atoms with Crippen LogP contribution in [-0.4, -0.2) is 22.3 Å². The topological polar surface area (TPSA) is 60.4 Å². The second kappa shape index (κ2) is 12.8. The van der Waals surface area contributed by atoms with Crippen LogP contribution in [0.2, 0.25) is 0 Å². The number of carboxylic acids is 1. The normalized spacial score (nSPS) is 11.9. The van der Waals surface area contributed by atoms with Crippen molar-refractivity contribution >= 4 is 17.7 Å². The fourth-order valence-electron chi connectivity index (χ4n) is 1.15. The van der Waals surface area contributed by atoms with Gasteiger partial charge in [-0.05, 0) is 12.2 Å². The van der Waals surface area contributed by atoms with Crippen LogP contribution in [0.15, 0.2) is 0 Å². The third-order valence-electron chi connectivity index (χ3n) is 1.98. The van der Waals surface area contributed by atoms with Crippen LogP contribution in [0.5, 0.6) is 0 Å². The Kier molecular flexibility index (Phi) is 15.5. The Morgan fingerprint density at radius 3 is 2.33 bits per heavy atom. The molecule has 0 saturated carbocycles. The summed E-state index contributed by atoms with van der Waals surface area (Å²) < 4.78 is 0. The van der Waals surface area contributed by atoms with Crippen LogP contribution in [0.25, 0.3) is 0 Å². The van der Waals surface area contributed by atoms with Gasteiger partial charge in [0.25, 0.3) is 0 Å². The van der Waals surface area contributed by atoms with Crippen molar-refractivity contribution in [2.45, 2.75) is 50.9 Å². The molecule has 15 heavy (non-hydrogen) atoms. The molecule has 0 bridgehead atoms. The minimum atomic E-state index is -1.39. The van der Waals surface area contributed by atoms with Crippen LogP contribution in [0, 0.1) is 0 Å². The quantitative estimate of drug-likeness (QED) is 0.293. The fraction of sp³-hybridized carbons (Fsp3) is 0.900. The Balaban J connectivity index is 0. The number of thioether (sulfide) groups is 1. The van der Waals surface area contributed by atoms with E-state index in [9.17, 15) is 9.90 Å². The second-order valence-corrected chi connectivity index (χ2v) is 4.50. The van der Waals surface area contributed by atoms with E-state index in [0.717, 1.165) is 24.6 Å². The number of rotatable bonds is 9. The monoisotopic (exact) mass is 242 g/mol. The number of aliphatic carboxylic acids is 1.